The summed E-state index contributed by atoms with van der Waals surface area (Å²) in [6.07, 6.45) is 3.81. The zero-order valence-electron chi connectivity index (χ0n) is 16.2. The average molecular weight is 437 g/mol. The van der Waals surface area contributed by atoms with Gasteiger partial charge in [-0.25, -0.2) is 16.8 Å². The molecule has 156 valence electrons. The molecule has 9 heteroatoms. The van der Waals surface area contributed by atoms with E-state index in [4.69, 9.17) is 0 Å². The molecule has 1 fully saturated rings. The number of amides is 1. The molecular weight excluding hydrogens is 412 g/mol. The largest absolute Gasteiger partial charge is 0.321 e. The molecule has 0 bridgehead atoms. The topological polar surface area (TPSA) is 101 Å². The lowest BCUT2D eigenvalue weighted by molar-refractivity contribution is 0.102. The molecular formula is C20H24N2O5S2. The SMILES string of the molecule is CS(=O)(=O)Cc1ccc(C(=O)Nc2ccccc2S(=O)(=O)N2CCCCC2)cc1. The van der Waals surface area contributed by atoms with E-state index in [1.165, 1.54) is 22.5 Å². The Morgan fingerprint density at radius 3 is 2.17 bits per heavy atom. The first-order valence-electron chi connectivity index (χ1n) is 9.34. The van der Waals surface area contributed by atoms with E-state index >= 15 is 0 Å². The second kappa shape index (κ2) is 8.64. The highest BCUT2D eigenvalue weighted by Gasteiger charge is 2.28. The van der Waals surface area contributed by atoms with Gasteiger partial charge in [0.15, 0.2) is 9.84 Å². The standard InChI is InChI=1S/C20H24N2O5S2/c1-28(24,25)15-16-9-11-17(12-10-16)20(23)21-18-7-3-4-8-19(18)29(26,27)22-13-5-2-6-14-22/h3-4,7-12H,2,5-6,13-15H2,1H3,(H,21,23). The summed E-state index contributed by atoms with van der Waals surface area (Å²) in [4.78, 5) is 12.7. The summed E-state index contributed by atoms with van der Waals surface area (Å²) in [6, 6.07) is 12.6. The Morgan fingerprint density at radius 1 is 0.931 bits per heavy atom. The van der Waals surface area contributed by atoms with Gasteiger partial charge in [0.25, 0.3) is 5.91 Å². The highest BCUT2D eigenvalue weighted by Crippen LogP contribution is 2.27. The predicted molar refractivity (Wildman–Crippen MR) is 112 cm³/mol. The van der Waals surface area contributed by atoms with Crippen LogP contribution in [-0.4, -0.2) is 46.4 Å². The van der Waals surface area contributed by atoms with Gasteiger partial charge in [0.1, 0.15) is 4.90 Å². The molecule has 29 heavy (non-hydrogen) atoms. The third-order valence-corrected chi connectivity index (χ3v) is 7.53. The minimum atomic E-state index is -3.70. The van der Waals surface area contributed by atoms with Gasteiger partial charge in [-0.2, -0.15) is 4.31 Å². The zero-order valence-corrected chi connectivity index (χ0v) is 17.8. The lowest BCUT2D eigenvalue weighted by atomic mass is 10.1. The van der Waals surface area contributed by atoms with Crippen molar-refractivity contribution in [3.63, 3.8) is 0 Å². The van der Waals surface area contributed by atoms with Crippen LogP contribution in [0.15, 0.2) is 53.4 Å². The first-order chi connectivity index (χ1) is 13.7. The van der Waals surface area contributed by atoms with Crippen LogP contribution in [0.25, 0.3) is 0 Å². The lowest BCUT2D eigenvalue weighted by Gasteiger charge is -2.26. The van der Waals surface area contributed by atoms with E-state index in [1.807, 2.05) is 0 Å². The van der Waals surface area contributed by atoms with Gasteiger partial charge in [0.05, 0.1) is 11.4 Å². The van der Waals surface area contributed by atoms with E-state index in [9.17, 15) is 21.6 Å². The molecule has 0 radical (unpaired) electrons. The van der Waals surface area contributed by atoms with Crippen molar-refractivity contribution in [1.82, 2.24) is 4.31 Å². The Balaban J connectivity index is 1.81. The molecule has 0 spiro atoms. The number of nitrogens with one attached hydrogen (secondary N) is 1. The Bertz CT molecular complexity index is 1090. The second-order valence-electron chi connectivity index (χ2n) is 7.18. The summed E-state index contributed by atoms with van der Waals surface area (Å²) in [6.45, 7) is 0.957. The summed E-state index contributed by atoms with van der Waals surface area (Å²) in [5.41, 5.74) is 1.12. The molecule has 1 saturated heterocycles. The Morgan fingerprint density at radius 2 is 1.55 bits per heavy atom. The van der Waals surface area contributed by atoms with Crippen LogP contribution in [0.4, 0.5) is 5.69 Å². The van der Waals surface area contributed by atoms with Crippen LogP contribution in [0.2, 0.25) is 0 Å². The number of nitrogens with zero attached hydrogens (tertiary/aromatic N) is 1. The molecule has 1 heterocycles. The van der Waals surface area contributed by atoms with Crippen molar-refractivity contribution >= 4 is 31.5 Å². The number of anilines is 1. The lowest BCUT2D eigenvalue weighted by Crippen LogP contribution is -2.36. The molecule has 0 aliphatic carbocycles. The zero-order chi connectivity index (χ0) is 21.1. The van der Waals surface area contributed by atoms with Gasteiger partial charge >= 0.3 is 0 Å². The molecule has 2 aromatic carbocycles. The summed E-state index contributed by atoms with van der Waals surface area (Å²) in [5.74, 6) is -0.566. The number of para-hydroxylation sites is 1. The van der Waals surface area contributed by atoms with E-state index in [2.05, 4.69) is 5.32 Å². The molecule has 1 aliphatic rings. The molecule has 1 amide bonds. The number of sulfone groups is 1. The molecule has 2 aromatic rings. The maximum atomic E-state index is 13.0. The summed E-state index contributed by atoms with van der Waals surface area (Å²) in [7, 11) is -6.86. The van der Waals surface area contributed by atoms with E-state index in [0.29, 0.717) is 24.2 Å². The highest BCUT2D eigenvalue weighted by atomic mass is 32.2. The number of carbonyl (C=O) groups is 1. The van der Waals surface area contributed by atoms with Gasteiger partial charge < -0.3 is 5.32 Å². The van der Waals surface area contributed by atoms with Crippen LogP contribution in [0.3, 0.4) is 0 Å². The van der Waals surface area contributed by atoms with E-state index < -0.39 is 25.8 Å². The molecule has 0 saturated carbocycles. The third-order valence-electron chi connectivity index (χ3n) is 4.71. The quantitative estimate of drug-likeness (QED) is 0.750. The maximum absolute atomic E-state index is 13.0. The molecule has 3 rings (SSSR count). The Hall–Kier alpha value is -2.23. The molecule has 0 aromatic heterocycles. The molecule has 7 nitrogen and oxygen atoms in total. The number of sulfonamides is 1. The number of rotatable bonds is 6. The molecule has 0 unspecified atom stereocenters. The van der Waals surface area contributed by atoms with Crippen LogP contribution in [0.1, 0.15) is 35.2 Å². The highest BCUT2D eigenvalue weighted by molar-refractivity contribution is 7.90. The number of piperidine rings is 1. The van der Waals surface area contributed by atoms with Crippen molar-refractivity contribution < 1.29 is 21.6 Å². The minimum absolute atomic E-state index is 0.0731. The second-order valence-corrected chi connectivity index (χ2v) is 11.2. The van der Waals surface area contributed by atoms with Gasteiger partial charge in [-0.15, -0.1) is 0 Å². The molecule has 1 N–H and O–H groups in total. The van der Waals surface area contributed by atoms with Crippen LogP contribution in [0, 0.1) is 0 Å². The summed E-state index contributed by atoms with van der Waals surface area (Å²) in [5, 5.41) is 2.68. The molecule has 1 aliphatic heterocycles. The normalized spacial score (nSPS) is 15.8. The van der Waals surface area contributed by atoms with E-state index in [1.54, 1.807) is 30.3 Å². The van der Waals surface area contributed by atoms with Gasteiger partial charge in [-0.05, 0) is 42.7 Å². The first-order valence-corrected chi connectivity index (χ1v) is 12.8. The van der Waals surface area contributed by atoms with Crippen LogP contribution >= 0.6 is 0 Å². The van der Waals surface area contributed by atoms with Gasteiger partial charge in [0.2, 0.25) is 10.0 Å². The van der Waals surface area contributed by atoms with Gasteiger partial charge in [-0.3, -0.25) is 4.79 Å². The Labute approximate surface area is 171 Å². The number of hydrogen-bond donors (Lipinski definition) is 1. The van der Waals surface area contributed by atoms with Gasteiger partial charge in [-0.1, -0.05) is 30.7 Å². The van der Waals surface area contributed by atoms with Crippen molar-refractivity contribution in [2.24, 2.45) is 0 Å². The van der Waals surface area contributed by atoms with E-state index in [0.717, 1.165) is 25.5 Å². The van der Waals surface area contributed by atoms with Crippen molar-refractivity contribution in [1.29, 1.82) is 0 Å². The van der Waals surface area contributed by atoms with Crippen molar-refractivity contribution in [2.75, 3.05) is 24.7 Å². The minimum Gasteiger partial charge on any atom is -0.321 e. The predicted octanol–water partition coefficient (Wildman–Crippen LogP) is 2.66. The molecule has 0 atom stereocenters. The maximum Gasteiger partial charge on any atom is 0.255 e. The fourth-order valence-electron chi connectivity index (χ4n) is 3.29. The summed E-state index contributed by atoms with van der Waals surface area (Å²) < 4.78 is 50.3. The van der Waals surface area contributed by atoms with Crippen LogP contribution < -0.4 is 5.32 Å². The number of benzene rings is 2. The Kier molecular flexibility index (Phi) is 6.40. The fraction of sp³-hybridized carbons (Fsp3) is 0.350. The first kappa shape index (κ1) is 21.5. The van der Waals surface area contributed by atoms with Gasteiger partial charge in [0, 0.05) is 24.9 Å². The van der Waals surface area contributed by atoms with E-state index in [-0.39, 0.29) is 16.3 Å². The number of carbonyl (C=O) groups excluding carboxylic acids is 1. The van der Waals surface area contributed by atoms with Crippen LogP contribution in [0.5, 0.6) is 0 Å². The van der Waals surface area contributed by atoms with Crippen LogP contribution in [-0.2, 0) is 25.6 Å². The van der Waals surface area contributed by atoms with Crippen molar-refractivity contribution in [3.05, 3.63) is 59.7 Å². The fourth-order valence-corrected chi connectivity index (χ4v) is 5.75. The van der Waals surface area contributed by atoms with Crippen molar-refractivity contribution in [2.45, 2.75) is 29.9 Å². The monoisotopic (exact) mass is 436 g/mol. The number of hydrogen-bond acceptors (Lipinski definition) is 5. The average Bonchev–Trinajstić information content (AvgIpc) is 2.68. The third kappa shape index (κ3) is 5.43. The smallest absolute Gasteiger partial charge is 0.255 e. The summed E-state index contributed by atoms with van der Waals surface area (Å²) >= 11 is 0. The van der Waals surface area contributed by atoms with Crippen molar-refractivity contribution in [3.8, 4) is 0 Å².